The summed E-state index contributed by atoms with van der Waals surface area (Å²) in [4.78, 5) is 14.2. The minimum atomic E-state index is 0.406. The lowest BCUT2D eigenvalue weighted by molar-refractivity contribution is 0.198. The van der Waals surface area contributed by atoms with E-state index in [9.17, 15) is 0 Å². The van der Waals surface area contributed by atoms with E-state index < -0.39 is 0 Å². The summed E-state index contributed by atoms with van der Waals surface area (Å²) in [5, 5.41) is 4.53. The number of pyridine rings is 1. The van der Waals surface area contributed by atoms with Crippen molar-refractivity contribution in [3.63, 3.8) is 0 Å². The molecule has 124 valence electrons. The lowest BCUT2D eigenvalue weighted by atomic mass is 10.1. The van der Waals surface area contributed by atoms with Crippen LogP contribution < -0.4 is 4.90 Å². The summed E-state index contributed by atoms with van der Waals surface area (Å²) in [6.45, 7) is 8.57. The molecule has 0 amide bonds. The van der Waals surface area contributed by atoms with Gasteiger partial charge in [-0.1, -0.05) is 18.2 Å². The van der Waals surface area contributed by atoms with E-state index in [4.69, 9.17) is 0 Å². The summed E-state index contributed by atoms with van der Waals surface area (Å²) >= 11 is 1.75. The Morgan fingerprint density at radius 2 is 1.92 bits per heavy atom. The molecule has 24 heavy (non-hydrogen) atoms. The van der Waals surface area contributed by atoms with E-state index in [1.165, 1.54) is 16.1 Å². The van der Waals surface area contributed by atoms with Crippen LogP contribution in [-0.4, -0.2) is 41.0 Å². The van der Waals surface area contributed by atoms with E-state index in [0.29, 0.717) is 6.04 Å². The van der Waals surface area contributed by atoms with Crippen LogP contribution >= 0.6 is 11.3 Å². The number of fused-ring (bicyclic) bond motifs is 1. The molecule has 0 bridgehead atoms. The van der Waals surface area contributed by atoms with E-state index in [1.54, 1.807) is 11.3 Å². The zero-order chi connectivity index (χ0) is 16.5. The highest BCUT2D eigenvalue weighted by Gasteiger charge is 2.24. The SMILES string of the molecule is Cc1cc(N2CCN(C(C)c3nccs3)CC2)c2ccccc2n1. The summed E-state index contributed by atoms with van der Waals surface area (Å²) in [5.41, 5.74) is 3.49. The molecule has 0 radical (unpaired) electrons. The minimum absolute atomic E-state index is 0.406. The average molecular weight is 338 g/mol. The number of rotatable bonds is 3. The number of anilines is 1. The fourth-order valence-corrected chi connectivity index (χ4v) is 4.22. The van der Waals surface area contributed by atoms with E-state index in [0.717, 1.165) is 37.4 Å². The molecule has 1 aromatic carbocycles. The molecule has 1 aliphatic heterocycles. The number of piperazine rings is 1. The van der Waals surface area contributed by atoms with Crippen LogP contribution in [0.1, 0.15) is 23.7 Å². The Hall–Kier alpha value is -1.98. The van der Waals surface area contributed by atoms with Crippen LogP contribution in [0.4, 0.5) is 5.69 Å². The third-order valence-corrected chi connectivity index (χ3v) is 5.78. The molecule has 1 saturated heterocycles. The third kappa shape index (κ3) is 2.89. The smallest absolute Gasteiger partial charge is 0.109 e. The molecule has 3 heterocycles. The van der Waals surface area contributed by atoms with E-state index >= 15 is 0 Å². The molecular weight excluding hydrogens is 316 g/mol. The highest BCUT2D eigenvalue weighted by molar-refractivity contribution is 7.09. The molecule has 2 aromatic heterocycles. The Kier molecular flexibility index (Phi) is 4.21. The average Bonchev–Trinajstić information content (AvgIpc) is 3.15. The van der Waals surface area contributed by atoms with Gasteiger partial charge in [0.25, 0.3) is 0 Å². The summed E-state index contributed by atoms with van der Waals surface area (Å²) in [5.74, 6) is 0. The number of benzene rings is 1. The second kappa shape index (κ2) is 6.49. The van der Waals surface area contributed by atoms with Gasteiger partial charge in [0.1, 0.15) is 5.01 Å². The molecule has 1 aliphatic rings. The summed E-state index contributed by atoms with van der Waals surface area (Å²) in [7, 11) is 0. The number of aromatic nitrogens is 2. The number of para-hydroxylation sites is 1. The van der Waals surface area contributed by atoms with Gasteiger partial charge < -0.3 is 4.90 Å². The maximum Gasteiger partial charge on any atom is 0.109 e. The van der Waals surface area contributed by atoms with Gasteiger partial charge in [0.05, 0.1) is 11.6 Å². The van der Waals surface area contributed by atoms with Crippen LogP contribution in [0.3, 0.4) is 0 Å². The molecule has 0 N–H and O–H groups in total. The molecule has 1 unspecified atom stereocenters. The summed E-state index contributed by atoms with van der Waals surface area (Å²) < 4.78 is 0. The van der Waals surface area contributed by atoms with Gasteiger partial charge in [-0.3, -0.25) is 9.88 Å². The van der Waals surface area contributed by atoms with Crippen LogP contribution in [0, 0.1) is 6.92 Å². The van der Waals surface area contributed by atoms with Gasteiger partial charge >= 0.3 is 0 Å². The first-order chi connectivity index (χ1) is 11.7. The largest absolute Gasteiger partial charge is 0.368 e. The maximum absolute atomic E-state index is 4.66. The standard InChI is InChI=1S/C19H22N4S/c1-14-13-18(16-5-3-4-6-17(16)21-14)23-10-8-22(9-11-23)15(2)19-20-7-12-24-19/h3-7,12-13,15H,8-11H2,1-2H3. The van der Waals surface area contributed by atoms with Crippen molar-refractivity contribution in [2.45, 2.75) is 19.9 Å². The Morgan fingerprint density at radius 1 is 1.12 bits per heavy atom. The Bertz CT molecular complexity index is 823. The topological polar surface area (TPSA) is 32.3 Å². The first kappa shape index (κ1) is 15.5. The van der Waals surface area contributed by atoms with Gasteiger partial charge in [0.2, 0.25) is 0 Å². The number of hydrogen-bond acceptors (Lipinski definition) is 5. The molecule has 0 spiro atoms. The third-order valence-electron chi connectivity index (χ3n) is 4.83. The van der Waals surface area contributed by atoms with Crippen molar-refractivity contribution in [3.05, 3.63) is 52.6 Å². The molecule has 0 aliphatic carbocycles. The van der Waals surface area contributed by atoms with E-state index in [2.05, 4.69) is 69.3 Å². The number of thiazole rings is 1. The Labute approximate surface area is 146 Å². The number of nitrogens with zero attached hydrogens (tertiary/aromatic N) is 4. The first-order valence-corrected chi connectivity index (χ1v) is 9.35. The normalized spacial score (nSPS) is 17.3. The molecule has 3 aromatic rings. The predicted octanol–water partition coefficient (Wildman–Crippen LogP) is 3.88. The van der Waals surface area contributed by atoms with Crippen LogP contribution in [0.15, 0.2) is 41.9 Å². The van der Waals surface area contributed by atoms with Gasteiger partial charge in [-0.25, -0.2) is 4.98 Å². The van der Waals surface area contributed by atoms with Crippen molar-refractivity contribution in [2.24, 2.45) is 0 Å². The quantitative estimate of drug-likeness (QED) is 0.725. The van der Waals surface area contributed by atoms with Crippen molar-refractivity contribution in [1.29, 1.82) is 0 Å². The van der Waals surface area contributed by atoms with Crippen molar-refractivity contribution >= 4 is 27.9 Å². The van der Waals surface area contributed by atoms with Gasteiger partial charge in [-0.15, -0.1) is 11.3 Å². The predicted molar refractivity (Wildman–Crippen MR) is 101 cm³/mol. The lowest BCUT2D eigenvalue weighted by Crippen LogP contribution is -2.47. The molecule has 1 fully saturated rings. The summed E-state index contributed by atoms with van der Waals surface area (Å²) in [6.07, 6.45) is 1.90. The first-order valence-electron chi connectivity index (χ1n) is 8.47. The second-order valence-electron chi connectivity index (χ2n) is 6.37. The fourth-order valence-electron chi connectivity index (χ4n) is 3.49. The molecule has 0 saturated carbocycles. The van der Waals surface area contributed by atoms with Crippen molar-refractivity contribution < 1.29 is 0 Å². The number of hydrogen-bond donors (Lipinski definition) is 0. The zero-order valence-electron chi connectivity index (χ0n) is 14.1. The van der Waals surface area contributed by atoms with E-state index in [1.807, 2.05) is 6.20 Å². The lowest BCUT2D eigenvalue weighted by Gasteiger charge is -2.39. The monoisotopic (exact) mass is 338 g/mol. The second-order valence-corrected chi connectivity index (χ2v) is 7.30. The van der Waals surface area contributed by atoms with Gasteiger partial charge in [-0.2, -0.15) is 0 Å². The van der Waals surface area contributed by atoms with Gasteiger partial charge in [0.15, 0.2) is 0 Å². The molecule has 1 atom stereocenters. The van der Waals surface area contributed by atoms with Crippen LogP contribution in [-0.2, 0) is 0 Å². The van der Waals surface area contributed by atoms with Crippen molar-refractivity contribution in [2.75, 3.05) is 31.1 Å². The fraction of sp³-hybridized carbons (Fsp3) is 0.368. The zero-order valence-corrected chi connectivity index (χ0v) is 15.0. The van der Waals surface area contributed by atoms with Crippen LogP contribution in [0.25, 0.3) is 10.9 Å². The van der Waals surface area contributed by atoms with Crippen LogP contribution in [0.5, 0.6) is 0 Å². The highest BCUT2D eigenvalue weighted by atomic mass is 32.1. The molecule has 5 heteroatoms. The number of aryl methyl sites for hydroxylation is 1. The van der Waals surface area contributed by atoms with Gasteiger partial charge in [-0.05, 0) is 26.0 Å². The highest BCUT2D eigenvalue weighted by Crippen LogP contribution is 2.29. The van der Waals surface area contributed by atoms with Crippen molar-refractivity contribution in [1.82, 2.24) is 14.9 Å². The summed E-state index contributed by atoms with van der Waals surface area (Å²) in [6, 6.07) is 11.1. The molecule has 4 rings (SSSR count). The Morgan fingerprint density at radius 3 is 2.67 bits per heavy atom. The van der Waals surface area contributed by atoms with Crippen molar-refractivity contribution in [3.8, 4) is 0 Å². The van der Waals surface area contributed by atoms with Crippen LogP contribution in [0.2, 0.25) is 0 Å². The van der Waals surface area contributed by atoms with Gasteiger partial charge in [0, 0.05) is 54.5 Å². The maximum atomic E-state index is 4.66. The molecular formula is C19H22N4S. The Balaban J connectivity index is 1.54. The minimum Gasteiger partial charge on any atom is -0.368 e. The molecule has 4 nitrogen and oxygen atoms in total. The van der Waals surface area contributed by atoms with E-state index in [-0.39, 0.29) is 0 Å².